The van der Waals surface area contributed by atoms with Gasteiger partial charge in [-0.2, -0.15) is 10.4 Å². The number of aromatic nitrogens is 3. The Labute approximate surface area is 153 Å². The summed E-state index contributed by atoms with van der Waals surface area (Å²) in [6.45, 7) is 4.59. The zero-order chi connectivity index (χ0) is 17.8. The second-order valence-electron chi connectivity index (χ2n) is 7.15. The van der Waals surface area contributed by atoms with Crippen LogP contribution in [0.25, 0.3) is 0 Å². The van der Waals surface area contributed by atoms with E-state index in [1.807, 2.05) is 22.9 Å². The highest BCUT2D eigenvalue weighted by Crippen LogP contribution is 2.34. The van der Waals surface area contributed by atoms with Gasteiger partial charge in [0.05, 0.1) is 37.5 Å². The standard InChI is InChI=1S/C19H23N5O2/c20-9-16-2-1-3-17(8-16)10-23-6-7-25-13-19(12-23)5-4-18(26-19)11-24-15-21-14-22-24/h1-3,8,14-15,18H,4-7,10-13H2/t18-,19+/m0/s1. The van der Waals surface area contributed by atoms with Crippen LogP contribution in [-0.2, 0) is 22.6 Å². The second-order valence-corrected chi connectivity index (χ2v) is 7.15. The number of nitriles is 1. The van der Waals surface area contributed by atoms with Gasteiger partial charge in [0.15, 0.2) is 0 Å². The molecule has 2 atom stereocenters. The number of benzene rings is 1. The molecular formula is C19H23N5O2. The lowest BCUT2D eigenvalue weighted by Gasteiger charge is -2.32. The van der Waals surface area contributed by atoms with Crippen LogP contribution in [0.2, 0.25) is 0 Å². The third-order valence-corrected chi connectivity index (χ3v) is 5.09. The van der Waals surface area contributed by atoms with Gasteiger partial charge in [0.1, 0.15) is 18.3 Å². The zero-order valence-corrected chi connectivity index (χ0v) is 14.8. The first kappa shape index (κ1) is 17.2. The average molecular weight is 353 g/mol. The summed E-state index contributed by atoms with van der Waals surface area (Å²) in [6.07, 6.45) is 5.41. The maximum absolute atomic E-state index is 9.10. The molecule has 2 saturated heterocycles. The Hall–Kier alpha value is -2.27. The van der Waals surface area contributed by atoms with E-state index in [1.54, 1.807) is 12.7 Å². The van der Waals surface area contributed by atoms with Gasteiger partial charge >= 0.3 is 0 Å². The SMILES string of the molecule is N#Cc1cccc(CN2CCOC[C@@]3(CC[C@@H](Cn4cncn4)O3)C2)c1. The first-order chi connectivity index (χ1) is 12.7. The van der Waals surface area contributed by atoms with E-state index < -0.39 is 0 Å². The van der Waals surface area contributed by atoms with Crippen LogP contribution in [0.3, 0.4) is 0 Å². The van der Waals surface area contributed by atoms with E-state index in [-0.39, 0.29) is 11.7 Å². The fraction of sp³-hybridized carbons (Fsp3) is 0.526. The summed E-state index contributed by atoms with van der Waals surface area (Å²) in [5.41, 5.74) is 1.60. The fourth-order valence-electron chi connectivity index (χ4n) is 3.90. The molecule has 0 N–H and O–H groups in total. The summed E-state index contributed by atoms with van der Waals surface area (Å²) in [5.74, 6) is 0. The number of rotatable bonds is 4. The lowest BCUT2D eigenvalue weighted by molar-refractivity contribution is -0.0905. The molecule has 0 amide bonds. The molecule has 0 radical (unpaired) electrons. The smallest absolute Gasteiger partial charge is 0.137 e. The van der Waals surface area contributed by atoms with Crippen molar-refractivity contribution in [3.05, 3.63) is 48.0 Å². The Bertz CT molecular complexity index is 772. The molecular weight excluding hydrogens is 330 g/mol. The van der Waals surface area contributed by atoms with Gasteiger partial charge < -0.3 is 9.47 Å². The molecule has 2 aliphatic rings. The van der Waals surface area contributed by atoms with Crippen molar-refractivity contribution in [2.75, 3.05) is 26.3 Å². The second kappa shape index (κ2) is 7.54. The lowest BCUT2D eigenvalue weighted by atomic mass is 9.99. The van der Waals surface area contributed by atoms with Crippen LogP contribution < -0.4 is 0 Å². The molecule has 0 unspecified atom stereocenters. The molecule has 2 fully saturated rings. The molecule has 26 heavy (non-hydrogen) atoms. The maximum atomic E-state index is 9.10. The molecule has 1 aromatic heterocycles. The Morgan fingerprint density at radius 2 is 2.35 bits per heavy atom. The van der Waals surface area contributed by atoms with E-state index in [0.717, 1.165) is 44.6 Å². The summed E-state index contributed by atoms with van der Waals surface area (Å²) in [7, 11) is 0. The van der Waals surface area contributed by atoms with Crippen molar-refractivity contribution in [3.63, 3.8) is 0 Å². The third-order valence-electron chi connectivity index (χ3n) is 5.09. The first-order valence-electron chi connectivity index (χ1n) is 9.04. The molecule has 0 bridgehead atoms. The largest absolute Gasteiger partial charge is 0.377 e. The first-order valence-corrected chi connectivity index (χ1v) is 9.04. The van der Waals surface area contributed by atoms with Crippen LogP contribution in [0, 0.1) is 11.3 Å². The van der Waals surface area contributed by atoms with E-state index in [1.165, 1.54) is 0 Å². The summed E-state index contributed by atoms with van der Waals surface area (Å²) < 4.78 is 14.1. The van der Waals surface area contributed by atoms with E-state index in [9.17, 15) is 0 Å². The molecule has 1 aromatic carbocycles. The van der Waals surface area contributed by atoms with Crippen LogP contribution >= 0.6 is 0 Å². The van der Waals surface area contributed by atoms with Crippen molar-refractivity contribution in [3.8, 4) is 6.07 Å². The van der Waals surface area contributed by atoms with Gasteiger partial charge in [0.2, 0.25) is 0 Å². The van der Waals surface area contributed by atoms with Gasteiger partial charge in [-0.05, 0) is 30.5 Å². The Balaban J connectivity index is 1.42. The Morgan fingerprint density at radius 1 is 1.38 bits per heavy atom. The van der Waals surface area contributed by atoms with Crippen LogP contribution in [0.5, 0.6) is 0 Å². The summed E-state index contributed by atoms with van der Waals surface area (Å²) >= 11 is 0. The molecule has 2 aromatic rings. The van der Waals surface area contributed by atoms with Gasteiger partial charge in [-0.15, -0.1) is 0 Å². The average Bonchev–Trinajstić information content (AvgIpc) is 3.25. The molecule has 3 heterocycles. The minimum absolute atomic E-state index is 0.141. The van der Waals surface area contributed by atoms with Crippen molar-refractivity contribution in [1.82, 2.24) is 19.7 Å². The number of nitrogens with zero attached hydrogens (tertiary/aromatic N) is 5. The van der Waals surface area contributed by atoms with E-state index in [4.69, 9.17) is 14.7 Å². The molecule has 7 heteroatoms. The number of hydrogen-bond donors (Lipinski definition) is 0. The number of ether oxygens (including phenoxy) is 2. The van der Waals surface area contributed by atoms with E-state index in [0.29, 0.717) is 18.8 Å². The van der Waals surface area contributed by atoms with Crippen LogP contribution in [-0.4, -0.2) is 57.7 Å². The molecule has 2 aliphatic heterocycles. The highest BCUT2D eigenvalue weighted by molar-refractivity contribution is 5.32. The van der Waals surface area contributed by atoms with Crippen LogP contribution in [0.4, 0.5) is 0 Å². The maximum Gasteiger partial charge on any atom is 0.137 e. The molecule has 0 aliphatic carbocycles. The predicted molar refractivity (Wildman–Crippen MR) is 94.1 cm³/mol. The van der Waals surface area contributed by atoms with E-state index in [2.05, 4.69) is 27.1 Å². The normalized spacial score (nSPS) is 26.7. The lowest BCUT2D eigenvalue weighted by Crippen LogP contribution is -2.44. The Kier molecular flexibility index (Phi) is 4.98. The topological polar surface area (TPSA) is 76.2 Å². The minimum Gasteiger partial charge on any atom is -0.377 e. The quantitative estimate of drug-likeness (QED) is 0.831. The van der Waals surface area contributed by atoms with Gasteiger partial charge in [-0.3, -0.25) is 9.58 Å². The van der Waals surface area contributed by atoms with Gasteiger partial charge in [0.25, 0.3) is 0 Å². The Morgan fingerprint density at radius 3 is 3.19 bits per heavy atom. The molecule has 136 valence electrons. The number of hydrogen-bond acceptors (Lipinski definition) is 6. The highest BCUT2D eigenvalue weighted by Gasteiger charge is 2.43. The van der Waals surface area contributed by atoms with Gasteiger partial charge in [-0.25, -0.2) is 4.98 Å². The summed E-state index contributed by atoms with van der Waals surface area (Å²) in [4.78, 5) is 6.37. The van der Waals surface area contributed by atoms with Crippen molar-refractivity contribution < 1.29 is 9.47 Å². The fourth-order valence-corrected chi connectivity index (χ4v) is 3.90. The van der Waals surface area contributed by atoms with Gasteiger partial charge in [-0.1, -0.05) is 12.1 Å². The van der Waals surface area contributed by atoms with Crippen LogP contribution in [0.15, 0.2) is 36.9 Å². The summed E-state index contributed by atoms with van der Waals surface area (Å²) in [6, 6.07) is 10.0. The molecule has 7 nitrogen and oxygen atoms in total. The van der Waals surface area contributed by atoms with Crippen molar-refractivity contribution in [2.45, 2.75) is 37.6 Å². The highest BCUT2D eigenvalue weighted by atomic mass is 16.6. The van der Waals surface area contributed by atoms with Crippen molar-refractivity contribution >= 4 is 0 Å². The predicted octanol–water partition coefficient (Wildman–Crippen LogP) is 1.60. The van der Waals surface area contributed by atoms with E-state index >= 15 is 0 Å². The minimum atomic E-state index is -0.255. The molecule has 4 rings (SSSR count). The zero-order valence-electron chi connectivity index (χ0n) is 14.8. The molecule has 1 spiro atoms. The van der Waals surface area contributed by atoms with Gasteiger partial charge in [0, 0.05) is 19.6 Å². The molecule has 0 saturated carbocycles. The third kappa shape index (κ3) is 3.93. The van der Waals surface area contributed by atoms with Crippen LogP contribution in [0.1, 0.15) is 24.0 Å². The van der Waals surface area contributed by atoms with Crippen molar-refractivity contribution in [1.29, 1.82) is 5.26 Å². The van der Waals surface area contributed by atoms with Crippen molar-refractivity contribution in [2.24, 2.45) is 0 Å². The summed E-state index contributed by atoms with van der Waals surface area (Å²) in [5, 5.41) is 13.3. The monoisotopic (exact) mass is 353 g/mol.